The first-order valence-electron chi connectivity index (χ1n) is 5.61. The van der Waals surface area contributed by atoms with Crippen LogP contribution in [0.25, 0.3) is 0 Å². The topological polar surface area (TPSA) is 0 Å². The molecule has 0 saturated heterocycles. The Morgan fingerprint density at radius 2 is 1.78 bits per heavy atom. The summed E-state index contributed by atoms with van der Waals surface area (Å²) in [5.41, 5.74) is 0.969. The van der Waals surface area contributed by atoms with Crippen LogP contribution in [0.5, 0.6) is 0 Å². The molecule has 2 rings (SSSR count). The van der Waals surface area contributed by atoms with E-state index in [1.165, 1.54) is 10.4 Å². The first kappa shape index (κ1) is 14.4. The highest BCUT2D eigenvalue weighted by Crippen LogP contribution is 2.36. The number of hydrogen-bond donors (Lipinski definition) is 0. The number of hydrogen-bond acceptors (Lipinski definition) is 1. The molecule has 4 heteroatoms. The zero-order valence-corrected chi connectivity index (χ0v) is 13.6. The number of halogens is 3. The Labute approximate surface area is 130 Å². The van der Waals surface area contributed by atoms with Gasteiger partial charge in [-0.15, -0.1) is 34.5 Å². The van der Waals surface area contributed by atoms with E-state index in [9.17, 15) is 0 Å². The van der Waals surface area contributed by atoms with Crippen LogP contribution >= 0.6 is 50.5 Å². The molecule has 0 atom stereocenters. The van der Waals surface area contributed by atoms with Crippen LogP contribution in [0.1, 0.15) is 10.4 Å². The Balaban J connectivity index is 2.40. The molecule has 0 aliphatic heterocycles. The van der Waals surface area contributed by atoms with Crippen molar-refractivity contribution in [2.45, 2.75) is 11.8 Å². The molecule has 0 amide bonds. The lowest BCUT2D eigenvalue weighted by molar-refractivity contribution is 0.538. The highest BCUT2D eigenvalue weighted by molar-refractivity contribution is 9.10. The monoisotopic (exact) mass is 362 g/mol. The van der Waals surface area contributed by atoms with Gasteiger partial charge >= 0.3 is 0 Å². The fraction of sp³-hybridized carbons (Fsp3) is 0.286. The number of thiophene rings is 1. The molecular formula is C14H13BrCl2S. The molecule has 0 saturated carbocycles. The predicted octanol–water partition coefficient (Wildman–Crippen LogP) is 5.47. The summed E-state index contributed by atoms with van der Waals surface area (Å²) in [5, 5.41) is 2.09. The van der Waals surface area contributed by atoms with Crippen molar-refractivity contribution in [3.05, 3.63) is 56.7 Å². The minimum atomic E-state index is -0.214. The van der Waals surface area contributed by atoms with Gasteiger partial charge < -0.3 is 0 Å². The van der Waals surface area contributed by atoms with Gasteiger partial charge in [0.05, 0.1) is 0 Å². The fourth-order valence-electron chi connectivity index (χ4n) is 2.01. The first-order chi connectivity index (χ1) is 8.72. The molecule has 0 radical (unpaired) electrons. The van der Waals surface area contributed by atoms with Crippen molar-refractivity contribution in [2.24, 2.45) is 0 Å². The Morgan fingerprint density at radius 3 is 2.33 bits per heavy atom. The molecule has 0 nitrogen and oxygen atoms in total. The third kappa shape index (κ3) is 2.93. The van der Waals surface area contributed by atoms with Crippen LogP contribution in [0.4, 0.5) is 0 Å². The van der Waals surface area contributed by atoms with Gasteiger partial charge in [0.15, 0.2) is 0 Å². The lowest BCUT2D eigenvalue weighted by Crippen LogP contribution is -2.33. The van der Waals surface area contributed by atoms with Crippen molar-refractivity contribution in [1.29, 1.82) is 0 Å². The van der Waals surface area contributed by atoms with E-state index in [4.69, 9.17) is 23.2 Å². The standard InChI is InChI=1S/C14H13BrCl2S/c15-13-6-2-1-5-12(13)14(9-16,10-17)8-11-4-3-7-18-11/h1-7H,8-10H2. The second-order valence-corrected chi connectivity index (χ2v) is 6.70. The summed E-state index contributed by atoms with van der Waals surface area (Å²) in [6.45, 7) is 0. The van der Waals surface area contributed by atoms with E-state index in [0.717, 1.165) is 10.9 Å². The number of rotatable bonds is 5. The summed E-state index contributed by atoms with van der Waals surface area (Å²) in [4.78, 5) is 1.31. The maximum absolute atomic E-state index is 6.25. The summed E-state index contributed by atoms with van der Waals surface area (Å²) in [7, 11) is 0. The van der Waals surface area contributed by atoms with Gasteiger partial charge in [-0.3, -0.25) is 0 Å². The van der Waals surface area contributed by atoms with Crippen LogP contribution in [0, 0.1) is 0 Å². The number of benzene rings is 1. The van der Waals surface area contributed by atoms with Gasteiger partial charge in [-0.05, 0) is 29.5 Å². The van der Waals surface area contributed by atoms with Crippen LogP contribution in [0.3, 0.4) is 0 Å². The fourth-order valence-corrected chi connectivity index (χ4v) is 4.32. The Kier molecular flexibility index (Phi) is 5.14. The van der Waals surface area contributed by atoms with Crippen molar-refractivity contribution in [3.8, 4) is 0 Å². The number of alkyl halides is 2. The van der Waals surface area contributed by atoms with Crippen molar-refractivity contribution < 1.29 is 0 Å². The Morgan fingerprint density at radius 1 is 1.06 bits per heavy atom. The summed E-state index contributed by atoms with van der Waals surface area (Å²) < 4.78 is 1.07. The molecule has 0 aliphatic rings. The lowest BCUT2D eigenvalue weighted by atomic mass is 9.80. The predicted molar refractivity (Wildman–Crippen MR) is 85.3 cm³/mol. The lowest BCUT2D eigenvalue weighted by Gasteiger charge is -2.30. The van der Waals surface area contributed by atoms with E-state index in [0.29, 0.717) is 11.8 Å². The second-order valence-electron chi connectivity index (χ2n) is 4.28. The van der Waals surface area contributed by atoms with Crippen molar-refractivity contribution in [3.63, 3.8) is 0 Å². The Hall–Kier alpha value is -0.0200. The Bertz CT molecular complexity index is 492. The quantitative estimate of drug-likeness (QED) is 0.618. The molecule has 1 aromatic heterocycles. The molecule has 1 heterocycles. The van der Waals surface area contributed by atoms with Crippen LogP contribution < -0.4 is 0 Å². The van der Waals surface area contributed by atoms with Crippen LogP contribution in [0.15, 0.2) is 46.3 Å². The van der Waals surface area contributed by atoms with E-state index in [1.807, 2.05) is 18.2 Å². The average Bonchev–Trinajstić information content (AvgIpc) is 2.90. The molecule has 96 valence electrons. The van der Waals surface area contributed by atoms with Crippen LogP contribution in [-0.2, 0) is 11.8 Å². The second kappa shape index (κ2) is 6.42. The highest BCUT2D eigenvalue weighted by Gasteiger charge is 2.33. The maximum Gasteiger partial charge on any atom is 0.0335 e. The molecule has 1 aromatic carbocycles. The van der Waals surface area contributed by atoms with Gasteiger partial charge in [-0.1, -0.05) is 40.2 Å². The largest absolute Gasteiger partial charge is 0.149 e. The zero-order valence-electron chi connectivity index (χ0n) is 9.70. The first-order valence-corrected chi connectivity index (χ1v) is 8.35. The van der Waals surface area contributed by atoms with Gasteiger partial charge in [0.25, 0.3) is 0 Å². The van der Waals surface area contributed by atoms with E-state index in [1.54, 1.807) is 11.3 Å². The SMILES string of the molecule is ClCC(CCl)(Cc1cccs1)c1ccccc1Br. The van der Waals surface area contributed by atoms with Crippen molar-refractivity contribution >= 4 is 50.5 Å². The molecule has 0 aliphatic carbocycles. The van der Waals surface area contributed by atoms with Crippen molar-refractivity contribution in [2.75, 3.05) is 11.8 Å². The van der Waals surface area contributed by atoms with Gasteiger partial charge in [0, 0.05) is 26.5 Å². The molecule has 0 N–H and O–H groups in total. The molecule has 0 bridgehead atoms. The third-order valence-corrected chi connectivity index (χ3v) is 5.64. The minimum absolute atomic E-state index is 0.214. The minimum Gasteiger partial charge on any atom is -0.149 e. The molecule has 18 heavy (non-hydrogen) atoms. The van der Waals surface area contributed by atoms with Gasteiger partial charge in [-0.25, -0.2) is 0 Å². The van der Waals surface area contributed by atoms with E-state index in [-0.39, 0.29) is 5.41 Å². The third-order valence-electron chi connectivity index (χ3n) is 3.05. The van der Waals surface area contributed by atoms with Crippen LogP contribution in [-0.4, -0.2) is 11.8 Å². The average molecular weight is 364 g/mol. The van der Waals surface area contributed by atoms with Gasteiger partial charge in [0.1, 0.15) is 0 Å². The molecular weight excluding hydrogens is 351 g/mol. The smallest absolute Gasteiger partial charge is 0.0335 e. The van der Waals surface area contributed by atoms with Gasteiger partial charge in [-0.2, -0.15) is 0 Å². The molecule has 2 aromatic rings. The maximum atomic E-state index is 6.25. The normalized spacial score (nSPS) is 11.7. The summed E-state index contributed by atoms with van der Waals surface area (Å²) in [5.74, 6) is 1.02. The van der Waals surface area contributed by atoms with E-state index < -0.39 is 0 Å². The van der Waals surface area contributed by atoms with Gasteiger partial charge in [0.2, 0.25) is 0 Å². The zero-order chi connectivity index (χ0) is 13.0. The molecule has 0 unspecified atom stereocenters. The van der Waals surface area contributed by atoms with Crippen molar-refractivity contribution in [1.82, 2.24) is 0 Å². The summed E-state index contributed by atoms with van der Waals surface area (Å²) in [6.07, 6.45) is 0.875. The van der Waals surface area contributed by atoms with E-state index >= 15 is 0 Å². The summed E-state index contributed by atoms with van der Waals surface area (Å²) >= 11 is 17.8. The van der Waals surface area contributed by atoms with E-state index in [2.05, 4.69) is 39.5 Å². The molecule has 0 spiro atoms. The highest BCUT2D eigenvalue weighted by atomic mass is 79.9. The summed E-state index contributed by atoms with van der Waals surface area (Å²) in [6, 6.07) is 12.4. The molecule has 0 fully saturated rings. The van der Waals surface area contributed by atoms with Crippen LogP contribution in [0.2, 0.25) is 0 Å².